The van der Waals surface area contributed by atoms with Gasteiger partial charge in [0.05, 0.1) is 19.1 Å². The fraction of sp³-hybridized carbons (Fsp3) is 0.406. The Labute approximate surface area is 222 Å². The molecule has 37 heavy (non-hydrogen) atoms. The molecule has 5 nitrogen and oxygen atoms in total. The number of nitrogens with zero attached hydrogens (tertiary/aromatic N) is 2. The molecule has 1 saturated heterocycles. The maximum absolute atomic E-state index is 13.0. The van der Waals surface area contributed by atoms with Crippen molar-refractivity contribution in [1.29, 1.82) is 0 Å². The lowest BCUT2D eigenvalue weighted by Crippen LogP contribution is -2.47. The molecule has 3 aromatic rings. The van der Waals surface area contributed by atoms with Crippen LogP contribution < -0.4 is 9.64 Å². The van der Waals surface area contributed by atoms with Crippen molar-refractivity contribution in [3.63, 3.8) is 0 Å². The Bertz CT molecular complexity index is 1140. The number of benzene rings is 3. The van der Waals surface area contributed by atoms with Gasteiger partial charge in [-0.25, -0.2) is 0 Å². The predicted molar refractivity (Wildman–Crippen MR) is 151 cm³/mol. The van der Waals surface area contributed by atoms with Crippen LogP contribution in [0.1, 0.15) is 38.7 Å². The molecule has 0 spiro atoms. The van der Waals surface area contributed by atoms with Crippen molar-refractivity contribution in [2.75, 3.05) is 51.3 Å². The Balaban J connectivity index is 1.32. The van der Waals surface area contributed by atoms with E-state index in [0.717, 1.165) is 63.3 Å². The van der Waals surface area contributed by atoms with Crippen LogP contribution in [0.5, 0.6) is 5.75 Å². The van der Waals surface area contributed by atoms with Crippen molar-refractivity contribution in [3.05, 3.63) is 84.4 Å². The molecule has 0 aromatic heterocycles. The van der Waals surface area contributed by atoms with Gasteiger partial charge in [0.15, 0.2) is 0 Å². The zero-order valence-electron chi connectivity index (χ0n) is 22.5. The van der Waals surface area contributed by atoms with Crippen molar-refractivity contribution in [3.8, 4) is 16.9 Å². The Hall–Kier alpha value is -3.31. The maximum Gasteiger partial charge on any atom is 0.316 e. The number of rotatable bonds is 11. The monoisotopic (exact) mass is 500 g/mol. The number of anilines is 1. The van der Waals surface area contributed by atoms with Gasteiger partial charge in [-0.3, -0.25) is 9.69 Å². The van der Waals surface area contributed by atoms with Crippen molar-refractivity contribution in [1.82, 2.24) is 4.90 Å². The van der Waals surface area contributed by atoms with Crippen molar-refractivity contribution >= 4 is 11.7 Å². The van der Waals surface area contributed by atoms with E-state index in [1.165, 1.54) is 16.8 Å². The molecule has 196 valence electrons. The molecule has 1 atom stereocenters. The van der Waals surface area contributed by atoms with E-state index in [2.05, 4.69) is 46.2 Å². The second-order valence-electron chi connectivity index (χ2n) is 10.0. The van der Waals surface area contributed by atoms with Gasteiger partial charge in [0.2, 0.25) is 0 Å². The highest BCUT2D eigenvalue weighted by Gasteiger charge is 2.36. The van der Waals surface area contributed by atoms with Crippen LogP contribution in [0, 0.1) is 0 Å². The summed E-state index contributed by atoms with van der Waals surface area (Å²) in [6, 6.07) is 27.1. The van der Waals surface area contributed by atoms with Gasteiger partial charge in [-0.15, -0.1) is 0 Å². The maximum atomic E-state index is 13.0. The molecule has 0 bridgehead atoms. The summed E-state index contributed by atoms with van der Waals surface area (Å²) in [5, 5.41) is 0. The smallest absolute Gasteiger partial charge is 0.316 e. The number of hydrogen-bond acceptors (Lipinski definition) is 5. The second-order valence-corrected chi connectivity index (χ2v) is 10.0. The number of hydrogen-bond donors (Lipinski definition) is 0. The topological polar surface area (TPSA) is 42.0 Å². The zero-order valence-corrected chi connectivity index (χ0v) is 22.5. The summed E-state index contributed by atoms with van der Waals surface area (Å²) in [7, 11) is 1.70. The molecule has 1 aliphatic heterocycles. The van der Waals surface area contributed by atoms with E-state index >= 15 is 0 Å². The van der Waals surface area contributed by atoms with Gasteiger partial charge in [-0.05, 0) is 73.7 Å². The molecule has 3 aromatic carbocycles. The average Bonchev–Trinajstić information content (AvgIpc) is 2.96. The number of carbonyl (C=O) groups excluding carboxylic acids is 1. The van der Waals surface area contributed by atoms with Gasteiger partial charge in [0.1, 0.15) is 5.75 Å². The zero-order chi connectivity index (χ0) is 26.1. The predicted octanol–water partition coefficient (Wildman–Crippen LogP) is 6.18. The first-order chi connectivity index (χ1) is 18.0. The highest BCUT2D eigenvalue weighted by atomic mass is 16.5. The first-order valence-corrected chi connectivity index (χ1v) is 13.5. The van der Waals surface area contributed by atoms with Gasteiger partial charge >= 0.3 is 5.97 Å². The number of esters is 1. The summed E-state index contributed by atoms with van der Waals surface area (Å²) in [6.07, 6.45) is 2.57. The molecule has 0 N–H and O–H groups in total. The Kier molecular flexibility index (Phi) is 9.24. The van der Waals surface area contributed by atoms with Crippen molar-refractivity contribution in [2.45, 2.75) is 38.5 Å². The van der Waals surface area contributed by atoms with Gasteiger partial charge < -0.3 is 14.4 Å². The van der Waals surface area contributed by atoms with E-state index in [-0.39, 0.29) is 5.97 Å². The molecular formula is C32H40N2O3. The normalized spacial score (nSPS) is 15.7. The van der Waals surface area contributed by atoms with Crippen molar-refractivity contribution < 1.29 is 14.3 Å². The highest BCUT2D eigenvalue weighted by molar-refractivity contribution is 5.82. The van der Waals surface area contributed by atoms with Crippen LogP contribution in [0.25, 0.3) is 11.1 Å². The Morgan fingerprint density at radius 3 is 2.30 bits per heavy atom. The first-order valence-electron chi connectivity index (χ1n) is 13.5. The third-order valence-corrected chi connectivity index (χ3v) is 7.44. The molecule has 0 amide bonds. The van der Waals surface area contributed by atoms with Crippen LogP contribution in [0.4, 0.5) is 5.69 Å². The number of methoxy groups -OCH3 is 1. The van der Waals surface area contributed by atoms with E-state index in [1.54, 1.807) is 7.11 Å². The molecule has 4 rings (SSSR count). The summed E-state index contributed by atoms with van der Waals surface area (Å²) >= 11 is 0. The van der Waals surface area contributed by atoms with E-state index in [1.807, 2.05) is 56.3 Å². The fourth-order valence-corrected chi connectivity index (χ4v) is 5.09. The quantitative estimate of drug-likeness (QED) is 0.294. The van der Waals surface area contributed by atoms with Crippen LogP contribution in [0.2, 0.25) is 0 Å². The minimum absolute atomic E-state index is 0.110. The molecule has 1 fully saturated rings. The molecule has 0 saturated carbocycles. The number of ether oxygens (including phenoxy) is 2. The highest BCUT2D eigenvalue weighted by Crippen LogP contribution is 2.31. The van der Waals surface area contributed by atoms with Crippen LogP contribution in [0.15, 0.2) is 78.9 Å². The first kappa shape index (κ1) is 26.7. The van der Waals surface area contributed by atoms with E-state index in [9.17, 15) is 4.79 Å². The van der Waals surface area contributed by atoms with Gasteiger partial charge in [0, 0.05) is 31.9 Å². The largest absolute Gasteiger partial charge is 0.497 e. The summed E-state index contributed by atoms with van der Waals surface area (Å²) in [5.41, 5.74) is 4.05. The van der Waals surface area contributed by atoms with Gasteiger partial charge in [0.25, 0.3) is 0 Å². The minimum atomic E-state index is -0.612. The Morgan fingerprint density at radius 2 is 1.59 bits per heavy atom. The van der Waals surface area contributed by atoms with Crippen LogP contribution >= 0.6 is 0 Å². The lowest BCUT2D eigenvalue weighted by atomic mass is 9.78. The van der Waals surface area contributed by atoms with E-state index in [4.69, 9.17) is 9.47 Å². The third kappa shape index (κ3) is 6.72. The number of piperazine rings is 1. The van der Waals surface area contributed by atoms with Gasteiger partial charge in [-0.2, -0.15) is 0 Å². The molecule has 0 radical (unpaired) electrons. The fourth-order valence-electron chi connectivity index (χ4n) is 5.09. The summed E-state index contributed by atoms with van der Waals surface area (Å²) in [6.45, 7) is 9.56. The number of carbonyl (C=O) groups is 1. The lowest BCUT2D eigenvalue weighted by Gasteiger charge is -2.37. The molecule has 0 aliphatic carbocycles. The van der Waals surface area contributed by atoms with Crippen molar-refractivity contribution in [2.24, 2.45) is 0 Å². The second kappa shape index (κ2) is 12.8. The summed E-state index contributed by atoms with van der Waals surface area (Å²) in [4.78, 5) is 18.0. The summed E-state index contributed by atoms with van der Waals surface area (Å²) < 4.78 is 11.0. The van der Waals surface area contributed by atoms with E-state index < -0.39 is 5.41 Å². The lowest BCUT2D eigenvalue weighted by molar-refractivity contribution is -0.150. The average molecular weight is 501 g/mol. The molecule has 5 heteroatoms. The van der Waals surface area contributed by atoms with Gasteiger partial charge in [-0.1, -0.05) is 61.5 Å². The summed E-state index contributed by atoms with van der Waals surface area (Å²) in [5.74, 6) is 0.764. The van der Waals surface area contributed by atoms with E-state index in [0.29, 0.717) is 6.61 Å². The third-order valence-electron chi connectivity index (χ3n) is 7.44. The minimum Gasteiger partial charge on any atom is -0.497 e. The Morgan fingerprint density at radius 1 is 0.892 bits per heavy atom. The van der Waals surface area contributed by atoms with Crippen LogP contribution in [-0.4, -0.2) is 57.3 Å². The standard InChI is InChI=1S/C32H40N2O3/c1-4-23-37-31(35)32(2,28-13-6-5-7-14-28)17-10-18-33-19-21-34(22-20-33)29-15-8-11-26(24-29)27-12-9-16-30(25-27)36-3/h5-9,11-16,24-25H,4,10,17-23H2,1-3H3. The SMILES string of the molecule is CCCOC(=O)C(C)(CCCN1CCN(c2cccc(-c3cccc(OC)c3)c2)CC1)c1ccccc1. The van der Waals surface area contributed by atoms with Crippen LogP contribution in [0.3, 0.4) is 0 Å². The van der Waals surface area contributed by atoms with Crippen LogP contribution in [-0.2, 0) is 14.9 Å². The molecular weight excluding hydrogens is 460 g/mol. The molecule has 1 heterocycles. The molecule has 1 aliphatic rings. The molecule has 1 unspecified atom stereocenters.